The lowest BCUT2D eigenvalue weighted by atomic mass is 9.79. The molecular formula is C23H23B. The molecule has 0 atom stereocenters. The van der Waals surface area contributed by atoms with E-state index in [1.165, 1.54) is 33.4 Å². The van der Waals surface area contributed by atoms with E-state index >= 15 is 0 Å². The smallest absolute Gasteiger partial charge is 0.0898 e. The number of benzene rings is 3. The van der Waals surface area contributed by atoms with Gasteiger partial charge in [0.25, 0.3) is 0 Å². The average molecular weight is 310 g/mol. The summed E-state index contributed by atoms with van der Waals surface area (Å²) in [6.45, 7) is 6.55. The van der Waals surface area contributed by atoms with Crippen molar-refractivity contribution in [1.82, 2.24) is 0 Å². The van der Waals surface area contributed by atoms with Crippen LogP contribution in [0.5, 0.6) is 0 Å². The van der Waals surface area contributed by atoms with Gasteiger partial charge in [-0.1, -0.05) is 97.2 Å². The molecule has 3 aromatic carbocycles. The van der Waals surface area contributed by atoms with Crippen molar-refractivity contribution in [2.45, 2.75) is 33.1 Å². The van der Waals surface area contributed by atoms with Gasteiger partial charge in [-0.05, 0) is 41.5 Å². The summed E-state index contributed by atoms with van der Waals surface area (Å²) < 4.78 is 0. The molecule has 118 valence electrons. The topological polar surface area (TPSA) is 0 Å². The first kappa shape index (κ1) is 16.6. The molecule has 0 spiro atoms. The van der Waals surface area contributed by atoms with Crippen molar-refractivity contribution in [3.63, 3.8) is 0 Å². The van der Waals surface area contributed by atoms with E-state index in [2.05, 4.69) is 87.5 Å². The van der Waals surface area contributed by atoms with Gasteiger partial charge in [-0.3, -0.25) is 0 Å². The molecule has 0 heterocycles. The molecule has 0 nitrogen and oxygen atoms in total. The summed E-state index contributed by atoms with van der Waals surface area (Å²) in [6.07, 6.45) is 0.858. The Labute approximate surface area is 147 Å². The highest BCUT2D eigenvalue weighted by Gasteiger charge is 2.11. The standard InChI is InChI=1S/C23H23B/c1-16(2)20-14-8-11-19(23(20)24)15-18-10-5-7-13-22(18)21-12-6-4-9-17(21)3/h4-14,16H,15H2,1-3H3. The van der Waals surface area contributed by atoms with Gasteiger partial charge in [0.2, 0.25) is 0 Å². The number of hydrogen-bond acceptors (Lipinski definition) is 0. The second-order valence-electron chi connectivity index (χ2n) is 6.72. The Morgan fingerprint density at radius 2 is 1.38 bits per heavy atom. The molecule has 0 aliphatic carbocycles. The Morgan fingerprint density at radius 1 is 0.750 bits per heavy atom. The molecule has 0 unspecified atom stereocenters. The molecule has 1 heteroatoms. The number of hydrogen-bond donors (Lipinski definition) is 0. The van der Waals surface area contributed by atoms with Gasteiger partial charge in [0.1, 0.15) is 7.85 Å². The van der Waals surface area contributed by atoms with Crippen LogP contribution >= 0.6 is 0 Å². The van der Waals surface area contributed by atoms with Crippen molar-refractivity contribution < 1.29 is 0 Å². The Bertz CT molecular complexity index is 846. The molecule has 0 saturated carbocycles. The van der Waals surface area contributed by atoms with Gasteiger partial charge in [-0.15, -0.1) is 0 Å². The molecule has 24 heavy (non-hydrogen) atoms. The highest BCUT2D eigenvalue weighted by Crippen LogP contribution is 2.28. The quantitative estimate of drug-likeness (QED) is 0.583. The predicted molar refractivity (Wildman–Crippen MR) is 105 cm³/mol. The van der Waals surface area contributed by atoms with E-state index < -0.39 is 0 Å². The van der Waals surface area contributed by atoms with E-state index in [1.807, 2.05) is 0 Å². The molecule has 3 rings (SSSR count). The van der Waals surface area contributed by atoms with E-state index in [-0.39, 0.29) is 0 Å². The summed E-state index contributed by atoms with van der Waals surface area (Å²) in [5.41, 5.74) is 8.60. The van der Waals surface area contributed by atoms with Gasteiger partial charge < -0.3 is 0 Å². The third-order valence-corrected chi connectivity index (χ3v) is 4.69. The number of rotatable bonds is 4. The maximum Gasteiger partial charge on any atom is 0.114 e. The summed E-state index contributed by atoms with van der Waals surface area (Å²) in [7, 11) is 6.45. The van der Waals surface area contributed by atoms with E-state index in [9.17, 15) is 0 Å². The third-order valence-electron chi connectivity index (χ3n) is 4.69. The van der Waals surface area contributed by atoms with Gasteiger partial charge in [0, 0.05) is 0 Å². The lowest BCUT2D eigenvalue weighted by molar-refractivity contribution is 0.871. The van der Waals surface area contributed by atoms with Crippen LogP contribution in [0.15, 0.2) is 66.7 Å². The SMILES string of the molecule is [B]c1c(Cc2ccccc2-c2ccccc2C)cccc1C(C)C. The van der Waals surface area contributed by atoms with Crippen molar-refractivity contribution in [3.05, 3.63) is 89.0 Å². The molecule has 0 amide bonds. The maximum absolute atomic E-state index is 6.45. The monoisotopic (exact) mass is 310 g/mol. The highest BCUT2D eigenvalue weighted by molar-refractivity contribution is 6.34. The minimum Gasteiger partial charge on any atom is -0.0898 e. The molecule has 3 aromatic rings. The Balaban J connectivity index is 2.04. The molecule has 0 aliphatic rings. The van der Waals surface area contributed by atoms with E-state index in [0.29, 0.717) is 5.92 Å². The summed E-state index contributed by atoms with van der Waals surface area (Å²) >= 11 is 0. The summed E-state index contributed by atoms with van der Waals surface area (Å²) in [4.78, 5) is 0. The van der Waals surface area contributed by atoms with Crippen molar-refractivity contribution in [2.75, 3.05) is 0 Å². The van der Waals surface area contributed by atoms with Gasteiger partial charge in [-0.25, -0.2) is 0 Å². The molecular weight excluding hydrogens is 287 g/mol. The first-order valence-corrected chi connectivity index (χ1v) is 8.59. The van der Waals surface area contributed by atoms with Gasteiger partial charge >= 0.3 is 0 Å². The van der Waals surface area contributed by atoms with Crippen LogP contribution < -0.4 is 5.46 Å². The highest BCUT2D eigenvalue weighted by atomic mass is 14.1. The van der Waals surface area contributed by atoms with Gasteiger partial charge in [0.15, 0.2) is 0 Å². The van der Waals surface area contributed by atoms with Gasteiger partial charge in [0.05, 0.1) is 0 Å². The molecule has 0 saturated heterocycles. The van der Waals surface area contributed by atoms with Crippen LogP contribution in [0, 0.1) is 6.92 Å². The molecule has 0 N–H and O–H groups in total. The van der Waals surface area contributed by atoms with Crippen molar-refractivity contribution in [2.24, 2.45) is 0 Å². The van der Waals surface area contributed by atoms with Crippen LogP contribution in [-0.2, 0) is 6.42 Å². The zero-order chi connectivity index (χ0) is 17.1. The molecule has 0 fully saturated rings. The van der Waals surface area contributed by atoms with Crippen LogP contribution in [-0.4, -0.2) is 7.85 Å². The Hall–Kier alpha value is -2.28. The fraction of sp³-hybridized carbons (Fsp3) is 0.217. The second kappa shape index (κ2) is 7.09. The lowest BCUT2D eigenvalue weighted by Gasteiger charge is -2.17. The van der Waals surface area contributed by atoms with Crippen LogP contribution in [0.2, 0.25) is 0 Å². The first-order chi connectivity index (χ1) is 11.6. The summed E-state index contributed by atoms with van der Waals surface area (Å²) in [5.74, 6) is 0.441. The van der Waals surface area contributed by atoms with Crippen molar-refractivity contribution in [3.8, 4) is 11.1 Å². The van der Waals surface area contributed by atoms with Crippen molar-refractivity contribution >= 4 is 13.3 Å². The Morgan fingerprint density at radius 3 is 2.08 bits per heavy atom. The predicted octanol–water partition coefficient (Wildman–Crippen LogP) is 5.17. The minimum absolute atomic E-state index is 0.441. The minimum atomic E-state index is 0.441. The normalized spacial score (nSPS) is 11.0. The zero-order valence-electron chi connectivity index (χ0n) is 14.7. The zero-order valence-corrected chi connectivity index (χ0v) is 14.7. The Kier molecular flexibility index (Phi) is 4.90. The fourth-order valence-electron chi connectivity index (χ4n) is 3.31. The summed E-state index contributed by atoms with van der Waals surface area (Å²) in [5, 5.41) is 0. The first-order valence-electron chi connectivity index (χ1n) is 8.59. The third kappa shape index (κ3) is 3.31. The largest absolute Gasteiger partial charge is 0.114 e. The van der Waals surface area contributed by atoms with Crippen LogP contribution in [0.25, 0.3) is 11.1 Å². The molecule has 2 radical (unpaired) electrons. The van der Waals surface area contributed by atoms with Gasteiger partial charge in [-0.2, -0.15) is 0 Å². The van der Waals surface area contributed by atoms with E-state index in [1.54, 1.807) is 0 Å². The molecule has 0 bridgehead atoms. The number of aryl methyl sites for hydroxylation is 1. The molecule has 0 aromatic heterocycles. The summed E-state index contributed by atoms with van der Waals surface area (Å²) in [6, 6.07) is 23.6. The lowest BCUT2D eigenvalue weighted by Crippen LogP contribution is -2.17. The van der Waals surface area contributed by atoms with Crippen LogP contribution in [0.1, 0.15) is 42.0 Å². The second-order valence-corrected chi connectivity index (χ2v) is 6.72. The van der Waals surface area contributed by atoms with Crippen molar-refractivity contribution in [1.29, 1.82) is 0 Å². The molecule has 0 aliphatic heterocycles. The van der Waals surface area contributed by atoms with Crippen LogP contribution in [0.3, 0.4) is 0 Å². The fourth-order valence-corrected chi connectivity index (χ4v) is 3.31. The van der Waals surface area contributed by atoms with Crippen LogP contribution in [0.4, 0.5) is 0 Å². The van der Waals surface area contributed by atoms with E-state index in [4.69, 9.17) is 7.85 Å². The average Bonchev–Trinajstić information content (AvgIpc) is 2.57. The maximum atomic E-state index is 6.45. The van der Waals surface area contributed by atoms with E-state index in [0.717, 1.165) is 11.9 Å².